The molecule has 0 unspecified atom stereocenters. The third-order valence-corrected chi connectivity index (χ3v) is 4.28. The first-order valence-corrected chi connectivity index (χ1v) is 8.65. The van der Waals surface area contributed by atoms with Crippen LogP contribution in [0.2, 0.25) is 0 Å². The minimum Gasteiger partial charge on any atom is -0.432 e. The minimum absolute atomic E-state index is 0.140. The lowest BCUT2D eigenvalue weighted by Gasteiger charge is -2.28. The van der Waals surface area contributed by atoms with E-state index in [0.29, 0.717) is 42.8 Å². The van der Waals surface area contributed by atoms with Gasteiger partial charge in [0.25, 0.3) is 16.8 Å². The number of para-hydroxylation sites is 2. The van der Waals surface area contributed by atoms with Crippen LogP contribution in [0.5, 0.6) is 5.75 Å². The molecule has 1 aliphatic rings. The molecule has 0 atom stereocenters. The van der Waals surface area contributed by atoms with E-state index in [9.17, 15) is 14.9 Å². The Kier molecular flexibility index (Phi) is 5.94. The van der Waals surface area contributed by atoms with Crippen LogP contribution in [-0.4, -0.2) is 47.2 Å². The van der Waals surface area contributed by atoms with Crippen molar-refractivity contribution in [2.45, 2.75) is 0 Å². The number of benzene rings is 2. The Balaban J connectivity index is 1.64. The van der Waals surface area contributed by atoms with Gasteiger partial charge in [-0.15, -0.1) is 0 Å². The van der Waals surface area contributed by atoms with Crippen molar-refractivity contribution in [3.63, 3.8) is 0 Å². The van der Waals surface area contributed by atoms with E-state index >= 15 is 0 Å². The molecule has 1 saturated heterocycles. The lowest BCUT2D eigenvalue weighted by molar-refractivity contribution is -0.383. The zero-order valence-corrected chi connectivity index (χ0v) is 15.1. The van der Waals surface area contributed by atoms with Crippen LogP contribution < -0.4 is 10.1 Å². The molecule has 2 aromatic carbocycles. The number of thiocarbonyl (C=S) groups is 1. The lowest BCUT2D eigenvalue weighted by Crippen LogP contribution is -2.42. The third kappa shape index (κ3) is 4.78. The molecule has 0 bridgehead atoms. The summed E-state index contributed by atoms with van der Waals surface area (Å²) >= 11 is 5.27. The van der Waals surface area contributed by atoms with E-state index in [2.05, 4.69) is 5.32 Å². The maximum absolute atomic E-state index is 12.3. The molecule has 0 radical (unpaired) electrons. The standard InChI is InChI=1S/C18H17N3O5S/c22-17(19-15-3-1-2-4-16(15)21(23)24)13-5-7-14(8-6-13)26-18(27)20-9-11-25-12-10-20/h1-8H,9-12H2,(H,19,22). The number of hydrogen-bond acceptors (Lipinski definition) is 6. The van der Waals surface area contributed by atoms with Gasteiger partial charge >= 0.3 is 0 Å². The fourth-order valence-corrected chi connectivity index (χ4v) is 2.80. The molecule has 27 heavy (non-hydrogen) atoms. The van der Waals surface area contributed by atoms with E-state index in [1.54, 1.807) is 30.3 Å². The number of nitro groups is 1. The van der Waals surface area contributed by atoms with E-state index in [-0.39, 0.29) is 11.4 Å². The number of nitro benzene ring substituents is 1. The molecule has 1 N–H and O–H groups in total. The van der Waals surface area contributed by atoms with Gasteiger partial charge < -0.3 is 19.7 Å². The van der Waals surface area contributed by atoms with Crippen LogP contribution >= 0.6 is 12.2 Å². The van der Waals surface area contributed by atoms with Gasteiger partial charge in [0, 0.05) is 24.7 Å². The number of nitrogens with one attached hydrogen (secondary N) is 1. The summed E-state index contributed by atoms with van der Waals surface area (Å²) in [6.07, 6.45) is 0. The predicted molar refractivity (Wildman–Crippen MR) is 103 cm³/mol. The third-order valence-electron chi connectivity index (χ3n) is 3.94. The molecule has 0 saturated carbocycles. The molecule has 0 aliphatic carbocycles. The second-order valence-corrected chi connectivity index (χ2v) is 6.07. The highest BCUT2D eigenvalue weighted by molar-refractivity contribution is 7.80. The van der Waals surface area contributed by atoms with E-state index in [4.69, 9.17) is 21.7 Å². The number of carbonyl (C=O) groups is 1. The molecule has 1 amide bonds. The Morgan fingerprint density at radius 1 is 1.15 bits per heavy atom. The predicted octanol–water partition coefficient (Wildman–Crippen LogP) is 2.84. The van der Waals surface area contributed by atoms with Crippen LogP contribution in [0.4, 0.5) is 11.4 Å². The van der Waals surface area contributed by atoms with E-state index < -0.39 is 10.8 Å². The van der Waals surface area contributed by atoms with E-state index in [1.807, 2.05) is 4.90 Å². The Hall–Kier alpha value is -3.04. The van der Waals surface area contributed by atoms with Crippen LogP contribution in [0.3, 0.4) is 0 Å². The molecular weight excluding hydrogens is 370 g/mol. The number of morpholine rings is 1. The molecule has 140 valence electrons. The van der Waals surface area contributed by atoms with Gasteiger partial charge in [-0.05, 0) is 42.5 Å². The number of carbonyl (C=O) groups excluding carboxylic acids is 1. The Bertz CT molecular complexity index is 850. The fourth-order valence-electron chi connectivity index (χ4n) is 2.52. The quantitative estimate of drug-likeness (QED) is 0.490. The second kappa shape index (κ2) is 8.56. The van der Waals surface area contributed by atoms with Gasteiger partial charge in [0.1, 0.15) is 11.4 Å². The summed E-state index contributed by atoms with van der Waals surface area (Å²) in [5, 5.41) is 13.9. The van der Waals surface area contributed by atoms with Crippen molar-refractivity contribution in [3.8, 4) is 5.75 Å². The summed E-state index contributed by atoms with van der Waals surface area (Å²) in [6, 6.07) is 12.4. The van der Waals surface area contributed by atoms with Crippen molar-refractivity contribution in [1.82, 2.24) is 4.90 Å². The van der Waals surface area contributed by atoms with Crippen molar-refractivity contribution in [1.29, 1.82) is 0 Å². The number of rotatable bonds is 4. The smallest absolute Gasteiger partial charge is 0.292 e. The number of nitrogens with zero attached hydrogens (tertiary/aromatic N) is 2. The molecule has 8 nitrogen and oxygen atoms in total. The molecule has 1 heterocycles. The van der Waals surface area contributed by atoms with Crippen molar-refractivity contribution < 1.29 is 19.2 Å². The molecular formula is C18H17N3O5S. The Labute approximate surface area is 160 Å². The highest BCUT2D eigenvalue weighted by Crippen LogP contribution is 2.24. The van der Waals surface area contributed by atoms with Crippen molar-refractivity contribution in [2.24, 2.45) is 0 Å². The van der Waals surface area contributed by atoms with Gasteiger partial charge in [-0.2, -0.15) is 0 Å². The molecule has 0 aromatic heterocycles. The summed E-state index contributed by atoms with van der Waals surface area (Å²) in [7, 11) is 0. The van der Waals surface area contributed by atoms with Crippen LogP contribution in [0.15, 0.2) is 48.5 Å². The topological polar surface area (TPSA) is 93.9 Å². The monoisotopic (exact) mass is 387 g/mol. The van der Waals surface area contributed by atoms with Crippen LogP contribution in [0, 0.1) is 10.1 Å². The summed E-state index contributed by atoms with van der Waals surface area (Å²) in [6.45, 7) is 2.56. The van der Waals surface area contributed by atoms with E-state index in [0.717, 1.165) is 0 Å². The summed E-state index contributed by atoms with van der Waals surface area (Å²) in [5.74, 6) is 0.0559. The fraction of sp³-hybridized carbons (Fsp3) is 0.222. The van der Waals surface area contributed by atoms with Crippen LogP contribution in [0.1, 0.15) is 10.4 Å². The number of ether oxygens (including phenoxy) is 2. The van der Waals surface area contributed by atoms with E-state index in [1.165, 1.54) is 18.2 Å². The van der Waals surface area contributed by atoms with Gasteiger partial charge in [0.2, 0.25) is 0 Å². The highest BCUT2D eigenvalue weighted by atomic mass is 32.1. The largest absolute Gasteiger partial charge is 0.432 e. The first kappa shape index (κ1) is 18.7. The highest BCUT2D eigenvalue weighted by Gasteiger charge is 2.17. The first-order chi connectivity index (χ1) is 13.0. The van der Waals surface area contributed by atoms with Gasteiger partial charge in [-0.1, -0.05) is 12.1 Å². The lowest BCUT2D eigenvalue weighted by atomic mass is 10.2. The summed E-state index contributed by atoms with van der Waals surface area (Å²) in [5.41, 5.74) is 0.320. The van der Waals surface area contributed by atoms with Gasteiger partial charge in [0.05, 0.1) is 18.1 Å². The number of anilines is 1. The zero-order chi connectivity index (χ0) is 19.2. The van der Waals surface area contributed by atoms with Crippen LogP contribution in [-0.2, 0) is 4.74 Å². The molecule has 0 spiro atoms. The average Bonchev–Trinajstić information content (AvgIpc) is 2.69. The minimum atomic E-state index is -0.543. The first-order valence-electron chi connectivity index (χ1n) is 8.24. The van der Waals surface area contributed by atoms with Crippen molar-refractivity contribution in [3.05, 3.63) is 64.2 Å². The normalized spacial score (nSPS) is 13.7. The molecule has 1 aliphatic heterocycles. The SMILES string of the molecule is O=C(Nc1ccccc1[N+](=O)[O-])c1ccc(OC(=S)N2CCOCC2)cc1. The maximum Gasteiger partial charge on any atom is 0.292 e. The zero-order valence-electron chi connectivity index (χ0n) is 14.3. The van der Waals surface area contributed by atoms with Gasteiger partial charge in [-0.25, -0.2) is 0 Å². The van der Waals surface area contributed by atoms with Crippen molar-refractivity contribution in [2.75, 3.05) is 31.6 Å². The van der Waals surface area contributed by atoms with Gasteiger partial charge in [0.15, 0.2) is 0 Å². The van der Waals surface area contributed by atoms with Crippen molar-refractivity contribution >= 4 is 34.7 Å². The molecule has 3 rings (SSSR count). The summed E-state index contributed by atoms with van der Waals surface area (Å²) < 4.78 is 10.9. The maximum atomic E-state index is 12.3. The number of hydrogen-bond donors (Lipinski definition) is 1. The summed E-state index contributed by atoms with van der Waals surface area (Å²) in [4.78, 5) is 24.7. The molecule has 1 fully saturated rings. The second-order valence-electron chi connectivity index (χ2n) is 5.72. The number of amides is 1. The van der Waals surface area contributed by atoms with Crippen LogP contribution in [0.25, 0.3) is 0 Å². The Morgan fingerprint density at radius 2 is 1.81 bits per heavy atom. The molecule has 2 aromatic rings. The Morgan fingerprint density at radius 3 is 2.48 bits per heavy atom. The molecule has 9 heteroatoms. The van der Waals surface area contributed by atoms with Gasteiger partial charge in [-0.3, -0.25) is 14.9 Å². The average molecular weight is 387 g/mol.